The van der Waals surface area contributed by atoms with E-state index in [-0.39, 0.29) is 29.3 Å². The van der Waals surface area contributed by atoms with Gasteiger partial charge in [0.1, 0.15) is 12.3 Å². The van der Waals surface area contributed by atoms with E-state index in [9.17, 15) is 13.6 Å². The summed E-state index contributed by atoms with van der Waals surface area (Å²) in [6.45, 7) is 1.53. The van der Waals surface area contributed by atoms with E-state index >= 15 is 0 Å². The van der Waals surface area contributed by atoms with E-state index in [2.05, 4.69) is 15.1 Å². The number of aromatic carboxylic acids is 1. The van der Waals surface area contributed by atoms with E-state index in [4.69, 9.17) is 14.4 Å². The third-order valence-electron chi connectivity index (χ3n) is 3.55. The number of pyridine rings is 2. The van der Waals surface area contributed by atoms with E-state index in [1.807, 2.05) is 0 Å². The fourth-order valence-electron chi connectivity index (χ4n) is 2.21. The minimum Gasteiger partial charge on any atom is -0.478 e. The Morgan fingerprint density at radius 1 is 1.23 bits per heavy atom. The summed E-state index contributed by atoms with van der Waals surface area (Å²) >= 11 is 0. The molecule has 0 unspecified atom stereocenters. The monoisotopic (exact) mass is 361 g/mol. The third kappa shape index (κ3) is 3.66. The van der Waals surface area contributed by atoms with Crippen molar-refractivity contribution in [2.24, 2.45) is 0 Å². The second-order valence-corrected chi connectivity index (χ2v) is 5.34. The second kappa shape index (κ2) is 7.26. The minimum absolute atomic E-state index is 0.0120. The largest absolute Gasteiger partial charge is 0.478 e. The second-order valence-electron chi connectivity index (χ2n) is 5.34. The van der Waals surface area contributed by atoms with Crippen LogP contribution in [0, 0.1) is 6.92 Å². The Hall–Kier alpha value is -3.36. The van der Waals surface area contributed by atoms with Gasteiger partial charge in [-0.15, -0.1) is 0 Å². The van der Waals surface area contributed by atoms with Crippen molar-refractivity contribution in [1.82, 2.24) is 15.1 Å². The molecule has 26 heavy (non-hydrogen) atoms. The number of carbonyl (C=O) groups is 1. The number of carboxylic acids is 1. The fourth-order valence-corrected chi connectivity index (χ4v) is 2.21. The number of carboxylic acid groups (broad SMARTS) is 1. The molecule has 0 saturated heterocycles. The zero-order valence-corrected chi connectivity index (χ0v) is 13.5. The molecular weight excluding hydrogens is 348 g/mol. The van der Waals surface area contributed by atoms with Crippen LogP contribution in [0.1, 0.15) is 33.8 Å². The van der Waals surface area contributed by atoms with Gasteiger partial charge in [0, 0.05) is 29.7 Å². The van der Waals surface area contributed by atoms with Crippen molar-refractivity contribution in [3.8, 4) is 17.1 Å². The molecule has 1 N–H and O–H groups in total. The quantitative estimate of drug-likeness (QED) is 0.715. The summed E-state index contributed by atoms with van der Waals surface area (Å²) in [5.74, 6) is -1.63. The number of aryl methyl sites for hydroxylation is 1. The standard InChI is InChI=1S/C17H13F2N3O4/c1-9-2-3-10(6-20-9)14-12(15(16(18)19)26-22-14)8-25-13-5-4-11(7-21-13)17(23)24/h2-7,16H,8H2,1H3,(H,23,24). The molecule has 0 bridgehead atoms. The van der Waals surface area contributed by atoms with Crippen LogP contribution in [0.25, 0.3) is 11.3 Å². The van der Waals surface area contributed by atoms with Crippen LogP contribution in [-0.4, -0.2) is 26.2 Å². The molecule has 3 heterocycles. The maximum atomic E-state index is 13.2. The van der Waals surface area contributed by atoms with E-state index < -0.39 is 18.2 Å². The molecule has 0 fully saturated rings. The van der Waals surface area contributed by atoms with Gasteiger partial charge in [-0.1, -0.05) is 5.16 Å². The van der Waals surface area contributed by atoms with Crippen molar-refractivity contribution in [2.45, 2.75) is 20.0 Å². The van der Waals surface area contributed by atoms with E-state index in [1.54, 1.807) is 19.1 Å². The molecular formula is C17H13F2N3O4. The molecule has 0 aromatic carbocycles. The van der Waals surface area contributed by atoms with E-state index in [0.717, 1.165) is 11.9 Å². The number of ether oxygens (including phenoxy) is 1. The van der Waals surface area contributed by atoms with Crippen LogP contribution in [0.5, 0.6) is 5.88 Å². The highest BCUT2D eigenvalue weighted by Gasteiger charge is 2.25. The van der Waals surface area contributed by atoms with E-state index in [1.165, 1.54) is 18.3 Å². The van der Waals surface area contributed by atoms with Crippen LogP contribution in [0.3, 0.4) is 0 Å². The maximum absolute atomic E-state index is 13.2. The highest BCUT2D eigenvalue weighted by Crippen LogP contribution is 2.32. The topological polar surface area (TPSA) is 98.3 Å². The molecule has 0 amide bonds. The molecule has 0 aliphatic carbocycles. The summed E-state index contributed by atoms with van der Waals surface area (Å²) in [6, 6.07) is 6.06. The lowest BCUT2D eigenvalue weighted by atomic mass is 10.1. The van der Waals surface area contributed by atoms with Crippen molar-refractivity contribution >= 4 is 5.97 Å². The lowest BCUT2D eigenvalue weighted by Gasteiger charge is -2.07. The zero-order valence-electron chi connectivity index (χ0n) is 13.5. The van der Waals surface area contributed by atoms with Crippen LogP contribution in [0.4, 0.5) is 8.78 Å². The Morgan fingerprint density at radius 2 is 2.04 bits per heavy atom. The Balaban J connectivity index is 1.86. The van der Waals surface area contributed by atoms with Gasteiger partial charge in [-0.05, 0) is 25.1 Å². The predicted octanol–water partition coefficient (Wildman–Crippen LogP) is 3.65. The molecule has 0 atom stereocenters. The Morgan fingerprint density at radius 3 is 2.62 bits per heavy atom. The van der Waals surface area contributed by atoms with Crippen molar-refractivity contribution < 1.29 is 27.9 Å². The first-order valence-corrected chi connectivity index (χ1v) is 7.47. The van der Waals surface area contributed by atoms with Gasteiger partial charge in [0.2, 0.25) is 11.6 Å². The summed E-state index contributed by atoms with van der Waals surface area (Å²) in [4.78, 5) is 18.8. The molecule has 0 spiro atoms. The first-order chi connectivity index (χ1) is 12.5. The summed E-state index contributed by atoms with van der Waals surface area (Å²) in [5, 5.41) is 12.6. The predicted molar refractivity (Wildman–Crippen MR) is 85.0 cm³/mol. The van der Waals surface area contributed by atoms with Gasteiger partial charge >= 0.3 is 5.97 Å². The molecule has 3 aromatic rings. The number of aromatic nitrogens is 3. The summed E-state index contributed by atoms with van der Waals surface area (Å²) in [7, 11) is 0. The zero-order chi connectivity index (χ0) is 18.7. The van der Waals surface area contributed by atoms with Crippen molar-refractivity contribution in [3.63, 3.8) is 0 Å². The normalized spacial score (nSPS) is 10.9. The number of rotatable bonds is 6. The molecule has 0 saturated carbocycles. The molecule has 0 aliphatic rings. The van der Waals surface area contributed by atoms with Gasteiger partial charge in [-0.25, -0.2) is 18.6 Å². The first kappa shape index (κ1) is 17.5. The van der Waals surface area contributed by atoms with Crippen molar-refractivity contribution in [3.05, 3.63) is 59.2 Å². The number of hydrogen-bond acceptors (Lipinski definition) is 6. The number of hydrogen-bond donors (Lipinski definition) is 1. The van der Waals surface area contributed by atoms with E-state index in [0.29, 0.717) is 5.56 Å². The molecule has 9 heteroatoms. The molecule has 7 nitrogen and oxygen atoms in total. The molecule has 0 aliphatic heterocycles. The van der Waals surface area contributed by atoms with Crippen molar-refractivity contribution in [2.75, 3.05) is 0 Å². The van der Waals surface area contributed by atoms with Gasteiger partial charge in [0.25, 0.3) is 6.43 Å². The van der Waals surface area contributed by atoms with Gasteiger partial charge in [-0.3, -0.25) is 4.98 Å². The SMILES string of the molecule is Cc1ccc(-c2noc(C(F)F)c2COc2ccc(C(=O)O)cn2)cn1. The average Bonchev–Trinajstić information content (AvgIpc) is 3.05. The maximum Gasteiger partial charge on any atom is 0.337 e. The van der Waals surface area contributed by atoms with Gasteiger partial charge in [-0.2, -0.15) is 0 Å². The van der Waals surface area contributed by atoms with Crippen LogP contribution >= 0.6 is 0 Å². The first-order valence-electron chi connectivity index (χ1n) is 7.47. The average molecular weight is 361 g/mol. The van der Waals surface area contributed by atoms with Gasteiger partial charge in [0.05, 0.1) is 11.1 Å². The van der Waals surface area contributed by atoms with Gasteiger partial charge in [0.15, 0.2) is 0 Å². The molecule has 3 rings (SSSR count). The number of halogens is 2. The Bertz CT molecular complexity index is 909. The highest BCUT2D eigenvalue weighted by atomic mass is 19.3. The Kier molecular flexibility index (Phi) is 4.87. The lowest BCUT2D eigenvalue weighted by Crippen LogP contribution is -2.03. The minimum atomic E-state index is -2.87. The lowest BCUT2D eigenvalue weighted by molar-refractivity contribution is 0.0696. The molecule has 3 aromatic heterocycles. The summed E-state index contributed by atoms with van der Waals surface area (Å²) < 4.78 is 36.6. The third-order valence-corrected chi connectivity index (χ3v) is 3.55. The summed E-state index contributed by atoms with van der Waals surface area (Å²) in [6.07, 6.45) is -0.244. The van der Waals surface area contributed by atoms with Crippen LogP contribution < -0.4 is 4.74 Å². The number of nitrogens with zero attached hydrogens (tertiary/aromatic N) is 3. The molecule has 0 radical (unpaired) electrons. The van der Waals surface area contributed by atoms with Gasteiger partial charge < -0.3 is 14.4 Å². The van der Waals surface area contributed by atoms with Crippen LogP contribution in [0.15, 0.2) is 41.2 Å². The smallest absolute Gasteiger partial charge is 0.337 e. The summed E-state index contributed by atoms with van der Waals surface area (Å²) in [5.41, 5.74) is 1.55. The van der Waals surface area contributed by atoms with Crippen LogP contribution in [0.2, 0.25) is 0 Å². The number of alkyl halides is 2. The Labute approximate surface area is 146 Å². The van der Waals surface area contributed by atoms with Crippen LogP contribution in [-0.2, 0) is 6.61 Å². The highest BCUT2D eigenvalue weighted by molar-refractivity contribution is 5.87. The fraction of sp³-hybridized carbons (Fsp3) is 0.176. The molecule has 134 valence electrons. The van der Waals surface area contributed by atoms with Crippen molar-refractivity contribution in [1.29, 1.82) is 0 Å².